The zero-order valence-electron chi connectivity index (χ0n) is 10.5. The molecule has 6 nitrogen and oxygen atoms in total. The number of aromatic nitrogens is 1. The third-order valence-electron chi connectivity index (χ3n) is 2.29. The van der Waals surface area contributed by atoms with Gasteiger partial charge in [-0.1, -0.05) is 0 Å². The predicted octanol–water partition coefficient (Wildman–Crippen LogP) is 0.648. The molecule has 1 aromatic heterocycles. The lowest BCUT2D eigenvalue weighted by Crippen LogP contribution is -2.20. The number of esters is 2. The second-order valence-electron chi connectivity index (χ2n) is 3.62. The van der Waals surface area contributed by atoms with Gasteiger partial charge in [-0.2, -0.15) is 0 Å². The van der Waals surface area contributed by atoms with Crippen molar-refractivity contribution in [3.63, 3.8) is 0 Å². The number of carbonyl (C=O) groups is 2. The van der Waals surface area contributed by atoms with Gasteiger partial charge in [-0.3, -0.25) is 4.79 Å². The molecule has 0 radical (unpaired) electrons. The zero-order valence-corrected chi connectivity index (χ0v) is 10.5. The van der Waals surface area contributed by atoms with Gasteiger partial charge in [-0.15, -0.1) is 0 Å². The van der Waals surface area contributed by atoms with Gasteiger partial charge in [-0.05, 0) is 19.1 Å². The van der Waals surface area contributed by atoms with Crippen molar-refractivity contribution in [2.24, 2.45) is 0 Å². The maximum atomic E-state index is 11.4. The molecular weight excluding hydrogens is 238 g/mol. The molecule has 1 unspecified atom stereocenters. The third-order valence-corrected chi connectivity index (χ3v) is 2.29. The maximum absolute atomic E-state index is 11.4. The quantitative estimate of drug-likeness (QED) is 0.755. The van der Waals surface area contributed by atoms with Crippen LogP contribution in [-0.2, 0) is 25.6 Å². The Morgan fingerprint density at radius 3 is 2.78 bits per heavy atom. The van der Waals surface area contributed by atoms with E-state index in [9.17, 15) is 14.7 Å². The largest absolute Gasteiger partial charge is 0.464 e. The monoisotopic (exact) mass is 255 g/mol. The van der Waals surface area contributed by atoms with Crippen LogP contribution in [0.25, 0.3) is 0 Å². The SMILES string of the molecule is CCOC(=O)C(O)c1cccn1CCOC(C)=O. The summed E-state index contributed by atoms with van der Waals surface area (Å²) in [6, 6.07) is 3.32. The van der Waals surface area contributed by atoms with E-state index in [4.69, 9.17) is 9.47 Å². The summed E-state index contributed by atoms with van der Waals surface area (Å²) in [5, 5.41) is 9.80. The molecule has 0 saturated carbocycles. The van der Waals surface area contributed by atoms with E-state index in [1.54, 1.807) is 29.8 Å². The van der Waals surface area contributed by atoms with E-state index >= 15 is 0 Å². The average Bonchev–Trinajstić information content (AvgIpc) is 2.76. The van der Waals surface area contributed by atoms with Gasteiger partial charge in [0.25, 0.3) is 0 Å². The highest BCUT2D eigenvalue weighted by molar-refractivity contribution is 5.75. The molecule has 0 aliphatic carbocycles. The standard InChI is InChI=1S/C12H17NO5/c1-3-17-12(16)11(15)10-5-4-6-13(10)7-8-18-9(2)14/h4-6,11,15H,3,7-8H2,1-2H3. The van der Waals surface area contributed by atoms with Crippen LogP contribution in [0.15, 0.2) is 18.3 Å². The number of aliphatic hydroxyl groups is 1. The number of rotatable bonds is 6. The first-order valence-electron chi connectivity index (χ1n) is 5.69. The predicted molar refractivity (Wildman–Crippen MR) is 62.7 cm³/mol. The first kappa shape index (κ1) is 14.2. The molecule has 18 heavy (non-hydrogen) atoms. The normalized spacial score (nSPS) is 11.9. The van der Waals surface area contributed by atoms with Gasteiger partial charge in [-0.25, -0.2) is 4.79 Å². The van der Waals surface area contributed by atoms with Crippen LogP contribution in [0, 0.1) is 0 Å². The minimum absolute atomic E-state index is 0.187. The first-order valence-corrected chi connectivity index (χ1v) is 5.69. The minimum atomic E-state index is -1.32. The molecule has 1 atom stereocenters. The molecule has 0 fully saturated rings. The Morgan fingerprint density at radius 1 is 1.44 bits per heavy atom. The second kappa shape index (κ2) is 6.80. The molecule has 1 heterocycles. The van der Waals surface area contributed by atoms with Gasteiger partial charge in [0.15, 0.2) is 6.10 Å². The highest BCUT2D eigenvalue weighted by Crippen LogP contribution is 2.15. The Labute approximate surface area is 105 Å². The molecule has 0 saturated heterocycles. The summed E-state index contributed by atoms with van der Waals surface area (Å²) in [5.74, 6) is -1.06. The first-order chi connectivity index (χ1) is 8.56. The lowest BCUT2D eigenvalue weighted by Gasteiger charge is -2.13. The number of carbonyl (C=O) groups excluding carboxylic acids is 2. The molecule has 6 heteroatoms. The number of ether oxygens (including phenoxy) is 2. The van der Waals surface area contributed by atoms with E-state index in [0.717, 1.165) is 0 Å². The van der Waals surface area contributed by atoms with Crippen molar-refractivity contribution < 1.29 is 24.2 Å². The molecule has 0 spiro atoms. The Bertz CT molecular complexity index is 412. The smallest absolute Gasteiger partial charge is 0.341 e. The number of nitrogens with zero attached hydrogens (tertiary/aromatic N) is 1. The highest BCUT2D eigenvalue weighted by atomic mass is 16.5. The summed E-state index contributed by atoms with van der Waals surface area (Å²) in [6.07, 6.45) is 0.374. The second-order valence-corrected chi connectivity index (χ2v) is 3.62. The number of aliphatic hydroxyl groups excluding tert-OH is 1. The lowest BCUT2D eigenvalue weighted by molar-refractivity contribution is -0.153. The Kier molecular flexibility index (Phi) is 5.38. The topological polar surface area (TPSA) is 77.8 Å². The van der Waals surface area contributed by atoms with Crippen molar-refractivity contribution >= 4 is 11.9 Å². The minimum Gasteiger partial charge on any atom is -0.464 e. The van der Waals surface area contributed by atoms with Crippen molar-refractivity contribution in [1.82, 2.24) is 4.57 Å². The molecule has 0 aliphatic rings. The Morgan fingerprint density at radius 2 is 2.17 bits per heavy atom. The van der Waals surface area contributed by atoms with Crippen LogP contribution in [0.3, 0.4) is 0 Å². The molecule has 1 N–H and O–H groups in total. The van der Waals surface area contributed by atoms with Crippen LogP contribution in [0.5, 0.6) is 0 Å². The fraction of sp³-hybridized carbons (Fsp3) is 0.500. The van der Waals surface area contributed by atoms with Gasteiger partial charge < -0.3 is 19.1 Å². The average molecular weight is 255 g/mol. The summed E-state index contributed by atoms with van der Waals surface area (Å²) >= 11 is 0. The van der Waals surface area contributed by atoms with E-state index in [-0.39, 0.29) is 19.2 Å². The number of hydrogen-bond donors (Lipinski definition) is 1. The number of hydrogen-bond acceptors (Lipinski definition) is 5. The summed E-state index contributed by atoms with van der Waals surface area (Å²) in [6.45, 7) is 3.77. The van der Waals surface area contributed by atoms with Crippen LogP contribution in [0.2, 0.25) is 0 Å². The molecule has 0 amide bonds. The van der Waals surface area contributed by atoms with Crippen LogP contribution < -0.4 is 0 Å². The van der Waals surface area contributed by atoms with Gasteiger partial charge >= 0.3 is 11.9 Å². The molecule has 0 aromatic carbocycles. The van der Waals surface area contributed by atoms with Crippen LogP contribution in [-0.4, -0.2) is 34.8 Å². The van der Waals surface area contributed by atoms with Gasteiger partial charge in [0.05, 0.1) is 18.8 Å². The molecular formula is C12H17NO5. The molecule has 1 rings (SSSR count). The highest BCUT2D eigenvalue weighted by Gasteiger charge is 2.21. The van der Waals surface area contributed by atoms with E-state index in [0.29, 0.717) is 12.2 Å². The summed E-state index contributed by atoms with van der Waals surface area (Å²) < 4.78 is 11.2. The van der Waals surface area contributed by atoms with Crippen LogP contribution >= 0.6 is 0 Å². The summed E-state index contributed by atoms with van der Waals surface area (Å²) in [4.78, 5) is 22.0. The summed E-state index contributed by atoms with van der Waals surface area (Å²) in [7, 11) is 0. The van der Waals surface area contributed by atoms with E-state index in [1.807, 2.05) is 0 Å². The lowest BCUT2D eigenvalue weighted by atomic mass is 10.2. The molecule has 100 valence electrons. The van der Waals surface area contributed by atoms with Crippen molar-refractivity contribution in [1.29, 1.82) is 0 Å². The fourth-order valence-corrected chi connectivity index (χ4v) is 1.51. The summed E-state index contributed by atoms with van der Waals surface area (Å²) in [5.41, 5.74) is 0.417. The van der Waals surface area contributed by atoms with Crippen molar-refractivity contribution in [3.8, 4) is 0 Å². The van der Waals surface area contributed by atoms with Gasteiger partial charge in [0, 0.05) is 13.1 Å². The zero-order chi connectivity index (χ0) is 13.5. The van der Waals surface area contributed by atoms with Crippen molar-refractivity contribution in [2.45, 2.75) is 26.5 Å². The van der Waals surface area contributed by atoms with Gasteiger partial charge in [0.2, 0.25) is 0 Å². The molecule has 1 aromatic rings. The molecule has 0 bridgehead atoms. The molecule has 0 aliphatic heterocycles. The third kappa shape index (κ3) is 3.89. The Hall–Kier alpha value is -1.82. The fourth-order valence-electron chi connectivity index (χ4n) is 1.51. The van der Waals surface area contributed by atoms with Crippen LogP contribution in [0.1, 0.15) is 25.6 Å². The maximum Gasteiger partial charge on any atom is 0.341 e. The van der Waals surface area contributed by atoms with E-state index in [2.05, 4.69) is 0 Å². The van der Waals surface area contributed by atoms with Crippen molar-refractivity contribution in [3.05, 3.63) is 24.0 Å². The van der Waals surface area contributed by atoms with Crippen molar-refractivity contribution in [2.75, 3.05) is 13.2 Å². The van der Waals surface area contributed by atoms with Gasteiger partial charge in [0.1, 0.15) is 6.61 Å². The van der Waals surface area contributed by atoms with E-state index < -0.39 is 12.1 Å². The Balaban J connectivity index is 2.63. The van der Waals surface area contributed by atoms with Crippen LogP contribution in [0.4, 0.5) is 0 Å². The van der Waals surface area contributed by atoms with E-state index in [1.165, 1.54) is 6.92 Å².